The summed E-state index contributed by atoms with van der Waals surface area (Å²) in [6, 6.07) is 5.97. The number of amides is 1. The lowest BCUT2D eigenvalue weighted by molar-refractivity contribution is -0.114. The molecule has 0 aliphatic heterocycles. The third kappa shape index (κ3) is 5.68. The summed E-state index contributed by atoms with van der Waals surface area (Å²) in [6.07, 6.45) is 0.0662. The molecule has 112 valence electrons. The van der Waals surface area contributed by atoms with E-state index >= 15 is 0 Å². The lowest BCUT2D eigenvalue weighted by Crippen LogP contribution is -2.28. The Balaban J connectivity index is 2.61. The normalized spacial score (nSPS) is 11.6. The highest BCUT2D eigenvalue weighted by Gasteiger charge is 2.13. The van der Waals surface area contributed by atoms with Gasteiger partial charge >= 0.3 is 0 Å². The molecule has 0 aliphatic carbocycles. The first-order chi connectivity index (χ1) is 9.31. The highest BCUT2D eigenvalue weighted by molar-refractivity contribution is 7.89. The molecular formula is C13H20N2O4S. The number of anilines is 1. The van der Waals surface area contributed by atoms with Crippen molar-refractivity contribution in [3.63, 3.8) is 0 Å². The highest BCUT2D eigenvalue weighted by atomic mass is 32.2. The molecule has 0 heterocycles. The van der Waals surface area contributed by atoms with Gasteiger partial charge < -0.3 is 10.1 Å². The van der Waals surface area contributed by atoms with Crippen molar-refractivity contribution >= 4 is 21.6 Å². The predicted octanol–water partition coefficient (Wildman–Crippen LogP) is 1.35. The van der Waals surface area contributed by atoms with Crippen molar-refractivity contribution in [3.05, 3.63) is 24.3 Å². The van der Waals surface area contributed by atoms with Crippen molar-refractivity contribution in [2.45, 2.75) is 31.8 Å². The van der Waals surface area contributed by atoms with Crippen LogP contribution in [0.25, 0.3) is 0 Å². The van der Waals surface area contributed by atoms with Gasteiger partial charge in [0, 0.05) is 19.2 Å². The number of sulfonamides is 1. The molecule has 1 amide bonds. The van der Waals surface area contributed by atoms with Gasteiger partial charge in [-0.1, -0.05) is 0 Å². The Morgan fingerprint density at radius 3 is 2.35 bits per heavy atom. The van der Waals surface area contributed by atoms with E-state index < -0.39 is 10.0 Å². The molecule has 6 nitrogen and oxygen atoms in total. The zero-order chi connectivity index (χ0) is 15.2. The summed E-state index contributed by atoms with van der Waals surface area (Å²) in [4.78, 5) is 11.0. The summed E-state index contributed by atoms with van der Waals surface area (Å²) in [7, 11) is -3.55. The number of carbonyl (C=O) groups excluding carboxylic acids is 1. The van der Waals surface area contributed by atoms with Crippen LogP contribution in [-0.2, 0) is 19.6 Å². The summed E-state index contributed by atoms with van der Waals surface area (Å²) in [5.41, 5.74) is 0.555. The SMILES string of the molecule is CC(=O)Nc1ccc(S(=O)(=O)NCCOC(C)C)cc1. The lowest BCUT2D eigenvalue weighted by Gasteiger charge is -2.10. The number of ether oxygens (including phenoxy) is 1. The fourth-order valence-corrected chi connectivity index (χ4v) is 2.49. The van der Waals surface area contributed by atoms with Gasteiger partial charge in [0.15, 0.2) is 0 Å². The number of hydrogen-bond donors (Lipinski definition) is 2. The van der Waals surface area contributed by atoms with E-state index in [-0.39, 0.29) is 23.5 Å². The van der Waals surface area contributed by atoms with Gasteiger partial charge in [-0.05, 0) is 38.1 Å². The average Bonchev–Trinajstić information content (AvgIpc) is 2.34. The smallest absolute Gasteiger partial charge is 0.240 e. The van der Waals surface area contributed by atoms with Gasteiger partial charge in [-0.25, -0.2) is 13.1 Å². The van der Waals surface area contributed by atoms with Crippen LogP contribution in [0.5, 0.6) is 0 Å². The van der Waals surface area contributed by atoms with Crippen LogP contribution in [0.1, 0.15) is 20.8 Å². The van der Waals surface area contributed by atoms with Crippen LogP contribution in [0.2, 0.25) is 0 Å². The first-order valence-corrected chi connectivity index (χ1v) is 7.78. The topological polar surface area (TPSA) is 84.5 Å². The summed E-state index contributed by atoms with van der Waals surface area (Å²) >= 11 is 0. The minimum Gasteiger partial charge on any atom is -0.377 e. The second-order valence-electron chi connectivity index (χ2n) is 4.52. The molecular weight excluding hydrogens is 280 g/mol. The molecule has 1 aromatic rings. The van der Waals surface area contributed by atoms with Crippen LogP contribution >= 0.6 is 0 Å². The van der Waals surface area contributed by atoms with Gasteiger partial charge in [-0.2, -0.15) is 0 Å². The Bertz CT molecular complexity index is 538. The third-order valence-corrected chi connectivity index (χ3v) is 3.81. The largest absolute Gasteiger partial charge is 0.377 e. The van der Waals surface area contributed by atoms with Crippen LogP contribution in [0.4, 0.5) is 5.69 Å². The standard InChI is InChI=1S/C13H20N2O4S/c1-10(2)19-9-8-14-20(17,18)13-6-4-12(5-7-13)15-11(3)16/h4-7,10,14H,8-9H2,1-3H3,(H,15,16). The molecule has 0 spiro atoms. The summed E-state index contributed by atoms with van der Waals surface area (Å²) in [5.74, 6) is -0.204. The Kier molecular flexibility index (Phi) is 6.12. The molecule has 0 atom stereocenters. The fourth-order valence-electron chi connectivity index (χ4n) is 1.47. The summed E-state index contributed by atoms with van der Waals surface area (Å²) < 4.78 is 31.6. The van der Waals surface area contributed by atoms with Crippen LogP contribution in [0, 0.1) is 0 Å². The Labute approximate surface area is 119 Å². The van der Waals surface area contributed by atoms with Gasteiger partial charge in [-0.3, -0.25) is 4.79 Å². The molecule has 0 saturated carbocycles. The molecule has 0 aromatic heterocycles. The van der Waals surface area contributed by atoms with Crippen molar-refractivity contribution in [2.75, 3.05) is 18.5 Å². The maximum Gasteiger partial charge on any atom is 0.240 e. The lowest BCUT2D eigenvalue weighted by atomic mass is 10.3. The minimum absolute atomic E-state index is 0.0662. The Morgan fingerprint density at radius 1 is 1.25 bits per heavy atom. The number of carbonyl (C=O) groups is 1. The van der Waals surface area contributed by atoms with E-state index in [4.69, 9.17) is 4.74 Å². The third-order valence-electron chi connectivity index (χ3n) is 2.33. The van der Waals surface area contributed by atoms with E-state index in [0.717, 1.165) is 0 Å². The molecule has 0 bridgehead atoms. The van der Waals surface area contributed by atoms with Crippen molar-refractivity contribution in [1.29, 1.82) is 0 Å². The van der Waals surface area contributed by atoms with E-state index in [2.05, 4.69) is 10.0 Å². The van der Waals surface area contributed by atoms with Gasteiger partial charge in [0.25, 0.3) is 0 Å². The van der Waals surface area contributed by atoms with Crippen LogP contribution in [0.15, 0.2) is 29.2 Å². The molecule has 2 N–H and O–H groups in total. The first-order valence-electron chi connectivity index (χ1n) is 6.30. The molecule has 0 aliphatic rings. The zero-order valence-electron chi connectivity index (χ0n) is 11.8. The number of nitrogens with one attached hydrogen (secondary N) is 2. The van der Waals surface area contributed by atoms with Crippen molar-refractivity contribution in [1.82, 2.24) is 4.72 Å². The molecule has 1 rings (SSSR count). The second-order valence-corrected chi connectivity index (χ2v) is 6.29. The summed E-state index contributed by atoms with van der Waals surface area (Å²) in [5, 5.41) is 2.57. The van der Waals surface area contributed by atoms with Crippen LogP contribution < -0.4 is 10.0 Å². The van der Waals surface area contributed by atoms with Crippen LogP contribution in [-0.4, -0.2) is 33.6 Å². The molecule has 0 saturated heterocycles. The van der Waals surface area contributed by atoms with Gasteiger partial charge in [0.1, 0.15) is 0 Å². The van der Waals surface area contributed by atoms with E-state index in [1.54, 1.807) is 12.1 Å². The second kappa shape index (κ2) is 7.37. The molecule has 7 heteroatoms. The molecule has 0 fully saturated rings. The van der Waals surface area contributed by atoms with Crippen molar-refractivity contribution < 1.29 is 17.9 Å². The van der Waals surface area contributed by atoms with E-state index in [1.165, 1.54) is 19.1 Å². The zero-order valence-corrected chi connectivity index (χ0v) is 12.7. The number of rotatable bonds is 7. The molecule has 20 heavy (non-hydrogen) atoms. The minimum atomic E-state index is -3.55. The van der Waals surface area contributed by atoms with E-state index in [1.807, 2.05) is 13.8 Å². The highest BCUT2D eigenvalue weighted by Crippen LogP contribution is 2.13. The summed E-state index contributed by atoms with van der Waals surface area (Å²) in [6.45, 7) is 5.69. The maximum absolute atomic E-state index is 12.0. The maximum atomic E-state index is 12.0. The first kappa shape index (κ1) is 16.6. The average molecular weight is 300 g/mol. The van der Waals surface area contributed by atoms with Gasteiger partial charge in [-0.15, -0.1) is 0 Å². The van der Waals surface area contributed by atoms with E-state index in [9.17, 15) is 13.2 Å². The Morgan fingerprint density at radius 2 is 1.85 bits per heavy atom. The van der Waals surface area contributed by atoms with Crippen molar-refractivity contribution in [2.24, 2.45) is 0 Å². The number of hydrogen-bond acceptors (Lipinski definition) is 4. The monoisotopic (exact) mass is 300 g/mol. The number of benzene rings is 1. The predicted molar refractivity (Wildman–Crippen MR) is 77.0 cm³/mol. The Hall–Kier alpha value is -1.44. The molecule has 1 aromatic carbocycles. The van der Waals surface area contributed by atoms with E-state index in [0.29, 0.717) is 12.3 Å². The van der Waals surface area contributed by atoms with Crippen LogP contribution in [0.3, 0.4) is 0 Å². The van der Waals surface area contributed by atoms with Crippen molar-refractivity contribution in [3.8, 4) is 0 Å². The molecule has 0 radical (unpaired) electrons. The van der Waals surface area contributed by atoms with Gasteiger partial charge in [0.05, 0.1) is 17.6 Å². The fraction of sp³-hybridized carbons (Fsp3) is 0.462. The quantitative estimate of drug-likeness (QED) is 0.744. The molecule has 0 unspecified atom stereocenters. The van der Waals surface area contributed by atoms with Gasteiger partial charge in [0.2, 0.25) is 15.9 Å².